The fourth-order valence-corrected chi connectivity index (χ4v) is 5.59. The number of aliphatic hydroxyl groups excluding tert-OH is 1. The first-order chi connectivity index (χ1) is 13.0. The number of aliphatic hydroxyl groups is 1. The number of fused-ring (bicyclic) bond motifs is 4. The largest absolute Gasteiger partial charge is 0.448 e. The monoisotopic (exact) mass is 363 g/mol. The standard InChI is InChI=1S/C23H25NO3/c1-23(2)20-18(21(23)25)11-12-24(20)22(26)27-13-19-16-9-5-3-7-14(16)15-8-4-6-10-17(15)19/h3-10,18-21,25H,11-13H2,1-2H3/t18-,20+,21-/m0/s1. The van der Waals surface area contributed by atoms with E-state index in [4.69, 9.17) is 4.74 Å². The zero-order valence-corrected chi connectivity index (χ0v) is 15.8. The number of likely N-dealkylation sites (tertiary alicyclic amines) is 1. The van der Waals surface area contributed by atoms with Crippen LogP contribution in [0.1, 0.15) is 37.3 Å². The van der Waals surface area contributed by atoms with Crippen molar-refractivity contribution in [2.45, 2.75) is 38.3 Å². The Morgan fingerprint density at radius 3 is 2.33 bits per heavy atom. The maximum Gasteiger partial charge on any atom is 0.410 e. The van der Waals surface area contributed by atoms with Crippen LogP contribution in [0.15, 0.2) is 48.5 Å². The van der Waals surface area contributed by atoms with Crippen molar-refractivity contribution in [3.63, 3.8) is 0 Å². The molecule has 2 aliphatic carbocycles. The Morgan fingerprint density at radius 2 is 1.70 bits per heavy atom. The van der Waals surface area contributed by atoms with Crippen molar-refractivity contribution >= 4 is 6.09 Å². The Balaban J connectivity index is 1.34. The first-order valence-corrected chi connectivity index (χ1v) is 9.80. The summed E-state index contributed by atoms with van der Waals surface area (Å²) in [7, 11) is 0. The van der Waals surface area contributed by atoms with E-state index in [1.807, 2.05) is 30.9 Å². The maximum atomic E-state index is 12.8. The summed E-state index contributed by atoms with van der Waals surface area (Å²) < 4.78 is 5.81. The summed E-state index contributed by atoms with van der Waals surface area (Å²) in [6, 6.07) is 16.8. The fraction of sp³-hybridized carbons (Fsp3) is 0.435. The summed E-state index contributed by atoms with van der Waals surface area (Å²) in [4.78, 5) is 14.7. The minimum absolute atomic E-state index is 0.0831. The highest BCUT2D eigenvalue weighted by Gasteiger charge is 2.62. The van der Waals surface area contributed by atoms with E-state index in [-0.39, 0.29) is 35.5 Å². The lowest BCUT2D eigenvalue weighted by Gasteiger charge is -2.54. The minimum Gasteiger partial charge on any atom is -0.448 e. The average Bonchev–Trinajstić information content (AvgIpc) is 3.25. The summed E-state index contributed by atoms with van der Waals surface area (Å²) in [5.41, 5.74) is 4.67. The van der Waals surface area contributed by atoms with Gasteiger partial charge in [-0.25, -0.2) is 4.79 Å². The van der Waals surface area contributed by atoms with E-state index in [0.717, 1.165) is 6.42 Å². The molecular formula is C23H25NO3. The molecule has 1 saturated carbocycles. The van der Waals surface area contributed by atoms with Gasteiger partial charge in [-0.1, -0.05) is 62.4 Å². The van der Waals surface area contributed by atoms with Gasteiger partial charge in [0.05, 0.1) is 6.10 Å². The third-order valence-corrected chi connectivity index (χ3v) is 6.95. The Kier molecular flexibility index (Phi) is 3.63. The zero-order valence-electron chi connectivity index (χ0n) is 15.8. The molecule has 3 atom stereocenters. The van der Waals surface area contributed by atoms with Gasteiger partial charge in [-0.15, -0.1) is 0 Å². The number of rotatable bonds is 2. The van der Waals surface area contributed by atoms with Crippen LogP contribution in [0.3, 0.4) is 0 Å². The lowest BCUT2D eigenvalue weighted by Crippen LogP contribution is -2.64. The first kappa shape index (κ1) is 16.8. The second-order valence-electron chi connectivity index (χ2n) is 8.66. The van der Waals surface area contributed by atoms with Gasteiger partial charge in [-0.3, -0.25) is 0 Å². The van der Waals surface area contributed by atoms with Gasteiger partial charge in [-0.2, -0.15) is 0 Å². The number of benzene rings is 2. The van der Waals surface area contributed by atoms with Gasteiger partial charge in [0.1, 0.15) is 6.61 Å². The average molecular weight is 363 g/mol. The van der Waals surface area contributed by atoms with E-state index in [1.165, 1.54) is 22.3 Å². The van der Waals surface area contributed by atoms with Gasteiger partial charge < -0.3 is 14.7 Å². The number of amides is 1. The molecule has 140 valence electrons. The summed E-state index contributed by atoms with van der Waals surface area (Å²) in [5, 5.41) is 10.3. The summed E-state index contributed by atoms with van der Waals surface area (Å²) in [5.74, 6) is 0.278. The number of carbonyl (C=O) groups excluding carboxylic acids is 1. The molecule has 2 aromatic rings. The van der Waals surface area contributed by atoms with E-state index in [2.05, 4.69) is 36.4 Å². The van der Waals surface area contributed by atoms with Crippen LogP contribution >= 0.6 is 0 Å². The summed E-state index contributed by atoms with van der Waals surface area (Å²) in [6.45, 7) is 5.10. The number of hydrogen-bond donors (Lipinski definition) is 1. The van der Waals surface area contributed by atoms with Crippen LogP contribution in [0.2, 0.25) is 0 Å². The second kappa shape index (κ2) is 5.83. The molecule has 0 unspecified atom stereocenters. The third kappa shape index (κ3) is 2.29. The van der Waals surface area contributed by atoms with Gasteiger partial charge in [0, 0.05) is 29.8 Å². The molecule has 1 aliphatic heterocycles. The molecule has 0 radical (unpaired) electrons. The van der Waals surface area contributed by atoms with Crippen molar-refractivity contribution in [1.82, 2.24) is 4.90 Å². The molecule has 5 rings (SSSR count). The Hall–Kier alpha value is -2.33. The summed E-state index contributed by atoms with van der Waals surface area (Å²) >= 11 is 0. The molecule has 2 aromatic carbocycles. The highest BCUT2D eigenvalue weighted by atomic mass is 16.6. The van der Waals surface area contributed by atoms with Crippen molar-refractivity contribution < 1.29 is 14.6 Å². The predicted molar refractivity (Wildman–Crippen MR) is 103 cm³/mol. The molecule has 1 amide bonds. The van der Waals surface area contributed by atoms with Crippen molar-refractivity contribution in [2.75, 3.05) is 13.2 Å². The smallest absolute Gasteiger partial charge is 0.410 e. The molecule has 27 heavy (non-hydrogen) atoms. The maximum absolute atomic E-state index is 12.8. The second-order valence-corrected chi connectivity index (χ2v) is 8.66. The molecule has 4 nitrogen and oxygen atoms in total. The van der Waals surface area contributed by atoms with E-state index < -0.39 is 0 Å². The molecule has 0 spiro atoms. The van der Waals surface area contributed by atoms with E-state index in [9.17, 15) is 9.90 Å². The molecule has 1 heterocycles. The third-order valence-electron chi connectivity index (χ3n) is 6.95. The lowest BCUT2D eigenvalue weighted by atomic mass is 9.58. The lowest BCUT2D eigenvalue weighted by molar-refractivity contribution is -0.138. The van der Waals surface area contributed by atoms with Crippen LogP contribution in [0.5, 0.6) is 0 Å². The van der Waals surface area contributed by atoms with Crippen LogP contribution in [-0.4, -0.2) is 41.4 Å². The number of nitrogens with zero attached hydrogens (tertiary/aromatic N) is 1. The van der Waals surface area contributed by atoms with Crippen LogP contribution in [0.25, 0.3) is 11.1 Å². The summed E-state index contributed by atoms with van der Waals surface area (Å²) in [6.07, 6.45) is 0.289. The van der Waals surface area contributed by atoms with Gasteiger partial charge in [0.2, 0.25) is 0 Å². The van der Waals surface area contributed by atoms with Gasteiger partial charge in [0.15, 0.2) is 0 Å². The molecule has 0 bridgehead atoms. The minimum atomic E-state index is -0.325. The normalized spacial score (nSPS) is 27.5. The fourth-order valence-electron chi connectivity index (χ4n) is 5.59. The Morgan fingerprint density at radius 1 is 1.11 bits per heavy atom. The molecule has 0 aromatic heterocycles. The molecule has 1 saturated heterocycles. The first-order valence-electron chi connectivity index (χ1n) is 9.80. The SMILES string of the molecule is CC1(C)[C@@H](O)[C@H]2CCN(C(=O)OCC3c4ccccc4-c4ccccc43)[C@H]21. The van der Waals surface area contributed by atoms with Crippen molar-refractivity contribution in [3.8, 4) is 11.1 Å². The van der Waals surface area contributed by atoms with Crippen LogP contribution in [-0.2, 0) is 4.74 Å². The number of ether oxygens (including phenoxy) is 1. The van der Waals surface area contributed by atoms with Crippen LogP contribution in [0, 0.1) is 11.3 Å². The van der Waals surface area contributed by atoms with Gasteiger partial charge >= 0.3 is 6.09 Å². The molecule has 1 N–H and O–H groups in total. The molecule has 2 fully saturated rings. The predicted octanol–water partition coefficient (Wildman–Crippen LogP) is 4.03. The zero-order chi connectivity index (χ0) is 18.8. The Bertz CT molecular complexity index is 861. The Labute approximate surface area is 159 Å². The van der Waals surface area contributed by atoms with Crippen molar-refractivity contribution in [3.05, 3.63) is 59.7 Å². The van der Waals surface area contributed by atoms with E-state index in [0.29, 0.717) is 13.2 Å². The van der Waals surface area contributed by atoms with Gasteiger partial charge in [0.25, 0.3) is 0 Å². The van der Waals surface area contributed by atoms with E-state index in [1.54, 1.807) is 0 Å². The van der Waals surface area contributed by atoms with Crippen LogP contribution < -0.4 is 0 Å². The number of carbonyl (C=O) groups is 1. The highest BCUT2D eigenvalue weighted by molar-refractivity contribution is 5.79. The molecule has 3 aliphatic rings. The van der Waals surface area contributed by atoms with Crippen LogP contribution in [0.4, 0.5) is 4.79 Å². The molecule has 4 heteroatoms. The quantitative estimate of drug-likeness (QED) is 0.876. The van der Waals surface area contributed by atoms with Crippen molar-refractivity contribution in [2.24, 2.45) is 11.3 Å². The topological polar surface area (TPSA) is 49.8 Å². The highest BCUT2D eigenvalue weighted by Crippen LogP contribution is 2.53. The van der Waals surface area contributed by atoms with Crippen molar-refractivity contribution in [1.29, 1.82) is 0 Å². The van der Waals surface area contributed by atoms with Gasteiger partial charge in [-0.05, 0) is 28.7 Å². The number of hydrogen-bond acceptors (Lipinski definition) is 3. The van der Waals surface area contributed by atoms with E-state index >= 15 is 0 Å². The molecular weight excluding hydrogens is 338 g/mol.